The van der Waals surface area contributed by atoms with Crippen molar-refractivity contribution in [3.63, 3.8) is 0 Å². The predicted octanol–water partition coefficient (Wildman–Crippen LogP) is 4.50. The lowest BCUT2D eigenvalue weighted by molar-refractivity contribution is -0.137. The molecule has 0 amide bonds. The summed E-state index contributed by atoms with van der Waals surface area (Å²) in [6.07, 6.45) is -3.31. The number of hydrogen-bond acceptors (Lipinski definition) is 2. The largest absolute Gasteiger partial charge is 0.416 e. The van der Waals surface area contributed by atoms with Crippen LogP contribution in [0.3, 0.4) is 0 Å². The first kappa shape index (κ1) is 16.4. The molecule has 0 fully saturated rings. The molecule has 1 rings (SSSR count). The molecule has 1 aromatic rings. The van der Waals surface area contributed by atoms with Crippen LogP contribution in [0.2, 0.25) is 0 Å². The molecule has 0 aliphatic heterocycles. The van der Waals surface area contributed by atoms with Gasteiger partial charge < -0.3 is 5.32 Å². The second kappa shape index (κ2) is 7.80. The van der Waals surface area contributed by atoms with Crippen LogP contribution in [-0.2, 0) is 6.18 Å². The number of alkyl halides is 3. The zero-order chi connectivity index (χ0) is 14.3. The Hall–Kier alpha value is -0.680. The molecule has 1 atom stereocenters. The van der Waals surface area contributed by atoms with Crippen molar-refractivity contribution in [1.82, 2.24) is 5.32 Å². The fourth-order valence-electron chi connectivity index (χ4n) is 1.76. The van der Waals surface area contributed by atoms with E-state index in [2.05, 4.69) is 5.32 Å². The quantitative estimate of drug-likeness (QED) is 0.794. The van der Waals surface area contributed by atoms with Crippen molar-refractivity contribution < 1.29 is 13.2 Å². The van der Waals surface area contributed by atoms with Crippen LogP contribution in [0, 0.1) is 0 Å². The Bertz CT molecular complexity index is 371. The third kappa shape index (κ3) is 5.45. The van der Waals surface area contributed by atoms with Gasteiger partial charge in [0.1, 0.15) is 0 Å². The van der Waals surface area contributed by atoms with Gasteiger partial charge in [0.25, 0.3) is 0 Å². The lowest BCUT2D eigenvalue weighted by Gasteiger charge is -2.19. The third-order valence-corrected chi connectivity index (χ3v) is 3.72. The monoisotopic (exact) mass is 291 g/mol. The van der Waals surface area contributed by atoms with E-state index in [1.165, 1.54) is 12.1 Å². The van der Waals surface area contributed by atoms with Gasteiger partial charge >= 0.3 is 6.18 Å². The molecule has 0 saturated heterocycles. The lowest BCUT2D eigenvalue weighted by atomic mass is 10.0. The lowest BCUT2D eigenvalue weighted by Crippen LogP contribution is -2.24. The molecule has 19 heavy (non-hydrogen) atoms. The Balaban J connectivity index is 2.88. The Morgan fingerprint density at radius 1 is 1.26 bits per heavy atom. The third-order valence-electron chi connectivity index (χ3n) is 2.75. The van der Waals surface area contributed by atoms with Gasteiger partial charge in [-0.3, -0.25) is 0 Å². The highest BCUT2D eigenvalue weighted by Crippen LogP contribution is 2.31. The average molecular weight is 291 g/mol. The normalized spacial score (nSPS) is 13.5. The van der Waals surface area contributed by atoms with Crippen LogP contribution in [0.4, 0.5) is 13.2 Å². The van der Waals surface area contributed by atoms with Gasteiger partial charge in [0, 0.05) is 11.8 Å². The molecule has 1 aromatic carbocycles. The smallest absolute Gasteiger partial charge is 0.309 e. The van der Waals surface area contributed by atoms with Crippen LogP contribution in [-0.4, -0.2) is 18.1 Å². The van der Waals surface area contributed by atoms with E-state index in [0.717, 1.165) is 30.5 Å². The van der Waals surface area contributed by atoms with Crippen LogP contribution in [0.15, 0.2) is 24.3 Å². The molecule has 1 nitrogen and oxygen atoms in total. The summed E-state index contributed by atoms with van der Waals surface area (Å²) in [5.74, 6) is 1.75. The summed E-state index contributed by atoms with van der Waals surface area (Å²) >= 11 is 1.73. The molecule has 0 aliphatic carbocycles. The van der Waals surface area contributed by atoms with Gasteiger partial charge in [0.2, 0.25) is 0 Å². The summed E-state index contributed by atoms with van der Waals surface area (Å²) in [4.78, 5) is 0. The fourth-order valence-corrected chi connectivity index (χ4v) is 2.54. The van der Waals surface area contributed by atoms with Crippen LogP contribution < -0.4 is 5.32 Å². The van der Waals surface area contributed by atoms with Gasteiger partial charge in [-0.15, -0.1) is 0 Å². The predicted molar refractivity (Wildman–Crippen MR) is 75.5 cm³/mol. The van der Waals surface area contributed by atoms with Crippen molar-refractivity contribution in [2.24, 2.45) is 0 Å². The highest BCUT2D eigenvalue weighted by molar-refractivity contribution is 7.99. The Labute approximate surface area is 117 Å². The maximum absolute atomic E-state index is 12.7. The van der Waals surface area contributed by atoms with Gasteiger partial charge in [-0.25, -0.2) is 0 Å². The molecule has 1 unspecified atom stereocenters. The molecule has 1 N–H and O–H groups in total. The van der Waals surface area contributed by atoms with Crippen LogP contribution >= 0.6 is 11.8 Å². The molecule has 0 heterocycles. The first-order chi connectivity index (χ1) is 8.99. The molecule has 0 saturated carbocycles. The molecular weight excluding hydrogens is 271 g/mol. The summed E-state index contributed by atoms with van der Waals surface area (Å²) in [6.45, 7) is 4.90. The minimum absolute atomic E-state index is 0.0211. The molecular formula is C14H20F3NS. The number of halogens is 3. The SMILES string of the molecule is CCCNC(CSCC)c1cccc(C(F)(F)F)c1. The number of hydrogen-bond donors (Lipinski definition) is 1. The van der Waals surface area contributed by atoms with Crippen molar-refractivity contribution in [3.8, 4) is 0 Å². The van der Waals surface area contributed by atoms with Crippen LogP contribution in [0.5, 0.6) is 0 Å². The number of rotatable bonds is 7. The highest BCUT2D eigenvalue weighted by Gasteiger charge is 2.30. The van der Waals surface area contributed by atoms with Crippen molar-refractivity contribution in [2.45, 2.75) is 32.5 Å². The van der Waals surface area contributed by atoms with Crippen molar-refractivity contribution in [1.29, 1.82) is 0 Å². The first-order valence-corrected chi connectivity index (χ1v) is 7.62. The van der Waals surface area contributed by atoms with E-state index in [-0.39, 0.29) is 6.04 Å². The Morgan fingerprint density at radius 3 is 2.58 bits per heavy atom. The van der Waals surface area contributed by atoms with Gasteiger partial charge in [-0.05, 0) is 36.4 Å². The van der Waals surface area contributed by atoms with E-state index < -0.39 is 11.7 Å². The molecule has 0 aromatic heterocycles. The molecule has 0 bridgehead atoms. The van der Waals surface area contributed by atoms with E-state index in [4.69, 9.17) is 0 Å². The maximum Gasteiger partial charge on any atom is 0.416 e. The standard InChI is InChI=1S/C14H20F3NS/c1-3-8-18-13(10-19-4-2)11-6-5-7-12(9-11)14(15,16)17/h5-7,9,13,18H,3-4,8,10H2,1-2H3. The maximum atomic E-state index is 12.7. The second-order valence-electron chi connectivity index (χ2n) is 4.29. The van der Waals surface area contributed by atoms with Crippen molar-refractivity contribution in [3.05, 3.63) is 35.4 Å². The van der Waals surface area contributed by atoms with Gasteiger partial charge in [-0.1, -0.05) is 26.0 Å². The second-order valence-corrected chi connectivity index (χ2v) is 5.61. The average Bonchev–Trinajstić information content (AvgIpc) is 2.38. The van der Waals surface area contributed by atoms with Crippen molar-refractivity contribution >= 4 is 11.8 Å². The summed E-state index contributed by atoms with van der Waals surface area (Å²) in [7, 11) is 0. The van der Waals surface area contributed by atoms with Crippen LogP contribution in [0.25, 0.3) is 0 Å². The Kier molecular flexibility index (Phi) is 6.72. The zero-order valence-electron chi connectivity index (χ0n) is 11.3. The summed E-state index contributed by atoms with van der Waals surface area (Å²) < 4.78 is 38.1. The van der Waals surface area contributed by atoms with E-state index in [0.29, 0.717) is 5.56 Å². The highest BCUT2D eigenvalue weighted by atomic mass is 32.2. The Morgan fingerprint density at radius 2 is 2.00 bits per heavy atom. The topological polar surface area (TPSA) is 12.0 Å². The van der Waals surface area contributed by atoms with E-state index in [1.807, 2.05) is 13.8 Å². The van der Waals surface area contributed by atoms with E-state index >= 15 is 0 Å². The molecule has 0 aliphatic rings. The van der Waals surface area contributed by atoms with E-state index in [9.17, 15) is 13.2 Å². The van der Waals surface area contributed by atoms with Crippen molar-refractivity contribution in [2.75, 3.05) is 18.1 Å². The summed E-state index contributed by atoms with van der Waals surface area (Å²) in [5.41, 5.74) is 0.138. The molecule has 0 spiro atoms. The molecule has 108 valence electrons. The fraction of sp³-hybridized carbons (Fsp3) is 0.571. The zero-order valence-corrected chi connectivity index (χ0v) is 12.1. The number of thioether (sulfide) groups is 1. The minimum Gasteiger partial charge on any atom is -0.309 e. The summed E-state index contributed by atoms with van der Waals surface area (Å²) in [6, 6.07) is 5.60. The minimum atomic E-state index is -4.27. The molecule has 0 radical (unpaired) electrons. The summed E-state index contributed by atoms with van der Waals surface area (Å²) in [5, 5.41) is 3.31. The van der Waals surface area contributed by atoms with Crippen LogP contribution in [0.1, 0.15) is 37.4 Å². The van der Waals surface area contributed by atoms with Gasteiger partial charge in [-0.2, -0.15) is 24.9 Å². The van der Waals surface area contributed by atoms with Gasteiger partial charge in [0.05, 0.1) is 5.56 Å². The molecule has 5 heteroatoms. The number of benzene rings is 1. The van der Waals surface area contributed by atoms with Gasteiger partial charge in [0.15, 0.2) is 0 Å². The number of nitrogens with one attached hydrogen (secondary N) is 1. The van der Waals surface area contributed by atoms with E-state index in [1.54, 1.807) is 17.8 Å². The first-order valence-electron chi connectivity index (χ1n) is 6.47.